The molecule has 0 bridgehead atoms. The van der Waals surface area contributed by atoms with Crippen LogP contribution in [0.5, 0.6) is 5.75 Å². The van der Waals surface area contributed by atoms with E-state index in [1.807, 2.05) is 0 Å². The SMILES string of the molecule is Cl.[2H]c1c([2H])c(OC)c([2H])c([2H])c1Nc1nccc(NCCO)n1. The number of anilines is 3. The average molecular weight is 301 g/mol. The van der Waals surface area contributed by atoms with Crippen molar-refractivity contribution in [2.45, 2.75) is 0 Å². The fraction of sp³-hybridized carbons (Fsp3) is 0.231. The van der Waals surface area contributed by atoms with Crippen LogP contribution in [0.3, 0.4) is 0 Å². The van der Waals surface area contributed by atoms with Gasteiger partial charge in [-0.05, 0) is 30.2 Å². The maximum absolute atomic E-state index is 8.79. The van der Waals surface area contributed by atoms with E-state index in [1.165, 1.54) is 13.3 Å². The summed E-state index contributed by atoms with van der Waals surface area (Å²) in [5.74, 6) is 0.448. The Morgan fingerprint density at radius 1 is 1.35 bits per heavy atom. The number of nitrogens with one attached hydrogen (secondary N) is 2. The fourth-order valence-electron chi connectivity index (χ4n) is 1.28. The van der Waals surface area contributed by atoms with Gasteiger partial charge >= 0.3 is 0 Å². The maximum atomic E-state index is 8.79. The van der Waals surface area contributed by atoms with Gasteiger partial charge in [-0.3, -0.25) is 0 Å². The van der Waals surface area contributed by atoms with E-state index in [9.17, 15) is 0 Å². The Hall–Kier alpha value is -2.05. The lowest BCUT2D eigenvalue weighted by atomic mass is 10.3. The first-order valence-electron chi connectivity index (χ1n) is 7.58. The third kappa shape index (κ3) is 4.56. The molecule has 0 saturated heterocycles. The summed E-state index contributed by atoms with van der Waals surface area (Å²) >= 11 is 0. The molecule has 0 spiro atoms. The van der Waals surface area contributed by atoms with Crippen molar-refractivity contribution in [3.05, 3.63) is 36.4 Å². The summed E-state index contributed by atoms with van der Waals surface area (Å²) in [6.07, 6.45) is 1.47. The number of benzene rings is 1. The van der Waals surface area contributed by atoms with Crippen LogP contribution in [0.1, 0.15) is 5.48 Å². The number of hydrogen-bond acceptors (Lipinski definition) is 6. The second-order valence-corrected chi connectivity index (χ2v) is 3.45. The van der Waals surface area contributed by atoms with E-state index in [2.05, 4.69) is 20.6 Å². The van der Waals surface area contributed by atoms with Gasteiger partial charge in [0.1, 0.15) is 11.6 Å². The number of halogens is 1. The summed E-state index contributed by atoms with van der Waals surface area (Å²) in [6.45, 7) is 0.267. The Labute approximate surface area is 129 Å². The number of methoxy groups -OCH3 is 1. The number of nitrogens with zero attached hydrogens (tertiary/aromatic N) is 2. The predicted molar refractivity (Wildman–Crippen MR) is 81.1 cm³/mol. The van der Waals surface area contributed by atoms with Crippen LogP contribution < -0.4 is 15.4 Å². The van der Waals surface area contributed by atoms with Crippen molar-refractivity contribution >= 4 is 29.9 Å². The zero-order valence-corrected chi connectivity index (χ0v) is 11.5. The van der Waals surface area contributed by atoms with Gasteiger partial charge in [0.2, 0.25) is 5.95 Å². The molecule has 0 aliphatic carbocycles. The Morgan fingerprint density at radius 2 is 2.10 bits per heavy atom. The van der Waals surface area contributed by atoms with E-state index >= 15 is 0 Å². The van der Waals surface area contributed by atoms with Crippen molar-refractivity contribution in [2.24, 2.45) is 0 Å². The molecule has 108 valence electrons. The number of aliphatic hydroxyl groups is 1. The highest BCUT2D eigenvalue weighted by Crippen LogP contribution is 2.18. The van der Waals surface area contributed by atoms with Gasteiger partial charge < -0.3 is 20.5 Å². The van der Waals surface area contributed by atoms with Crippen molar-refractivity contribution in [2.75, 3.05) is 30.9 Å². The number of aromatic nitrogens is 2. The second kappa shape index (κ2) is 8.19. The first-order chi connectivity index (χ1) is 11.0. The molecule has 0 amide bonds. The van der Waals surface area contributed by atoms with Gasteiger partial charge in [0.15, 0.2) is 0 Å². The van der Waals surface area contributed by atoms with E-state index in [4.69, 9.17) is 15.3 Å². The van der Waals surface area contributed by atoms with Crippen molar-refractivity contribution in [3.63, 3.8) is 0 Å². The molecule has 1 aromatic heterocycles. The highest BCUT2D eigenvalue weighted by Gasteiger charge is 2.00. The molecule has 0 aliphatic rings. The highest BCUT2D eigenvalue weighted by molar-refractivity contribution is 5.85. The van der Waals surface area contributed by atoms with Gasteiger partial charge in [0.05, 0.1) is 19.2 Å². The van der Waals surface area contributed by atoms with Crippen LogP contribution in [-0.2, 0) is 0 Å². The number of rotatable bonds is 6. The van der Waals surface area contributed by atoms with Crippen LogP contribution in [-0.4, -0.2) is 35.3 Å². The van der Waals surface area contributed by atoms with Gasteiger partial charge in [-0.25, -0.2) is 4.98 Å². The van der Waals surface area contributed by atoms with Crippen molar-refractivity contribution in [3.8, 4) is 5.75 Å². The van der Waals surface area contributed by atoms with E-state index in [0.29, 0.717) is 12.4 Å². The molecular weight excluding hydrogens is 280 g/mol. The topological polar surface area (TPSA) is 79.3 Å². The third-order valence-corrected chi connectivity index (χ3v) is 2.12. The standard InChI is InChI=1S/C13H16N4O2.ClH/c1-19-11-4-2-10(3-5-11)16-13-15-7-6-12(17-13)14-8-9-18;/h2-7,18H,8-9H2,1H3,(H2,14,15,16,17);1H/i2D,3D,4D,5D;. The number of ether oxygens (including phenoxy) is 1. The van der Waals surface area contributed by atoms with Crippen LogP contribution in [0.4, 0.5) is 17.5 Å². The van der Waals surface area contributed by atoms with Crippen LogP contribution in [0.15, 0.2) is 36.4 Å². The molecule has 1 aromatic carbocycles. The van der Waals surface area contributed by atoms with Crippen LogP contribution in [0, 0.1) is 0 Å². The fourth-order valence-corrected chi connectivity index (χ4v) is 1.28. The lowest BCUT2D eigenvalue weighted by Crippen LogP contribution is -2.08. The zero-order chi connectivity index (χ0) is 17.0. The summed E-state index contributed by atoms with van der Waals surface area (Å²) in [5, 5.41) is 14.3. The molecule has 0 atom stereocenters. The molecule has 0 saturated carbocycles. The average Bonchev–Trinajstić information content (AvgIpc) is 2.56. The van der Waals surface area contributed by atoms with E-state index in [-0.39, 0.29) is 60.6 Å². The molecule has 2 rings (SSSR count). The molecule has 20 heavy (non-hydrogen) atoms. The Morgan fingerprint density at radius 3 is 2.75 bits per heavy atom. The monoisotopic (exact) mass is 300 g/mol. The third-order valence-electron chi connectivity index (χ3n) is 2.12. The number of hydrogen-bond donors (Lipinski definition) is 3. The van der Waals surface area contributed by atoms with Crippen molar-refractivity contribution in [1.82, 2.24) is 9.97 Å². The summed E-state index contributed by atoms with van der Waals surface area (Å²) in [4.78, 5) is 8.11. The summed E-state index contributed by atoms with van der Waals surface area (Å²) < 4.78 is 36.5. The van der Waals surface area contributed by atoms with Gasteiger partial charge in [-0.2, -0.15) is 4.98 Å². The van der Waals surface area contributed by atoms with Gasteiger partial charge in [-0.15, -0.1) is 12.4 Å². The normalized spacial score (nSPS) is 12.3. The Kier molecular flexibility index (Phi) is 4.38. The maximum Gasteiger partial charge on any atom is 0.229 e. The molecule has 0 radical (unpaired) electrons. The van der Waals surface area contributed by atoms with Crippen LogP contribution in [0.2, 0.25) is 0 Å². The molecule has 3 N–H and O–H groups in total. The number of aliphatic hydroxyl groups excluding tert-OH is 1. The lowest BCUT2D eigenvalue weighted by molar-refractivity contribution is 0.311. The molecule has 0 aliphatic heterocycles. The molecule has 7 heteroatoms. The molecule has 0 fully saturated rings. The van der Waals surface area contributed by atoms with Gasteiger partial charge in [-0.1, -0.05) is 0 Å². The summed E-state index contributed by atoms with van der Waals surface area (Å²) in [6, 6.07) is 0.473. The molecule has 1 heterocycles. The first-order valence-corrected chi connectivity index (χ1v) is 5.58. The summed E-state index contributed by atoms with van der Waals surface area (Å²) in [5.41, 5.74) is -0.0416. The largest absolute Gasteiger partial charge is 0.497 e. The summed E-state index contributed by atoms with van der Waals surface area (Å²) in [7, 11) is 1.29. The molecule has 0 unspecified atom stereocenters. The molecule has 6 nitrogen and oxygen atoms in total. The lowest BCUT2D eigenvalue weighted by Gasteiger charge is -2.08. The van der Waals surface area contributed by atoms with E-state index in [1.54, 1.807) is 6.07 Å². The van der Waals surface area contributed by atoms with Crippen molar-refractivity contribution < 1.29 is 15.3 Å². The first kappa shape index (κ1) is 10.7. The quantitative estimate of drug-likeness (QED) is 0.758. The van der Waals surface area contributed by atoms with Crippen LogP contribution >= 0.6 is 12.4 Å². The minimum Gasteiger partial charge on any atom is -0.497 e. The minimum absolute atomic E-state index is 0. The van der Waals surface area contributed by atoms with E-state index in [0.717, 1.165) is 0 Å². The van der Waals surface area contributed by atoms with E-state index < -0.39 is 0 Å². The van der Waals surface area contributed by atoms with Gasteiger partial charge in [0.25, 0.3) is 0 Å². The Bertz CT molecular complexity index is 692. The van der Waals surface area contributed by atoms with Gasteiger partial charge in [0, 0.05) is 18.4 Å². The highest BCUT2D eigenvalue weighted by atomic mass is 35.5. The van der Waals surface area contributed by atoms with Crippen molar-refractivity contribution in [1.29, 1.82) is 0 Å². The predicted octanol–water partition coefficient (Wildman–Crippen LogP) is 2.05. The minimum atomic E-state index is -0.287. The Balaban J connectivity index is 0.00000288. The van der Waals surface area contributed by atoms with Crippen LogP contribution in [0.25, 0.3) is 0 Å². The molecule has 2 aromatic rings. The smallest absolute Gasteiger partial charge is 0.229 e. The molecular formula is C13H17ClN4O2. The zero-order valence-electron chi connectivity index (χ0n) is 14.7. The second-order valence-electron chi connectivity index (χ2n) is 3.45.